The standard InChI is InChI=1S/C24H23ClN2O2S/c1-18-6-8-20(9-7-18)15-29-22-12-10-19(11-13-22)14-26-27-24(28)17-30-16-21-4-2-3-5-23(21)25/h2-14H,15-17H2,1H3,(H,27,28)/b26-14-. The summed E-state index contributed by atoms with van der Waals surface area (Å²) < 4.78 is 5.79. The third-order valence-corrected chi connectivity index (χ3v) is 5.61. The van der Waals surface area contributed by atoms with Gasteiger partial charge in [0.25, 0.3) is 0 Å². The number of thioether (sulfide) groups is 1. The highest BCUT2D eigenvalue weighted by Crippen LogP contribution is 2.20. The molecule has 3 aromatic rings. The van der Waals surface area contributed by atoms with Crippen molar-refractivity contribution in [3.63, 3.8) is 0 Å². The van der Waals surface area contributed by atoms with Crippen LogP contribution in [-0.4, -0.2) is 17.9 Å². The zero-order chi connectivity index (χ0) is 21.2. The van der Waals surface area contributed by atoms with Gasteiger partial charge in [-0.25, -0.2) is 5.43 Å². The van der Waals surface area contributed by atoms with Gasteiger partial charge in [-0.15, -0.1) is 11.8 Å². The second-order valence-corrected chi connectivity index (χ2v) is 8.11. The van der Waals surface area contributed by atoms with Gasteiger partial charge in [0.05, 0.1) is 12.0 Å². The first-order valence-corrected chi connectivity index (χ1v) is 11.0. The van der Waals surface area contributed by atoms with Crippen molar-refractivity contribution in [2.75, 3.05) is 5.75 Å². The van der Waals surface area contributed by atoms with E-state index in [4.69, 9.17) is 16.3 Å². The molecule has 1 amide bonds. The van der Waals surface area contributed by atoms with Crippen LogP contribution < -0.4 is 10.2 Å². The number of carbonyl (C=O) groups is 1. The number of ether oxygens (including phenoxy) is 1. The van der Waals surface area contributed by atoms with Crippen molar-refractivity contribution in [2.45, 2.75) is 19.3 Å². The molecule has 1 N–H and O–H groups in total. The Bertz CT molecular complexity index is 989. The minimum Gasteiger partial charge on any atom is -0.489 e. The van der Waals surface area contributed by atoms with Gasteiger partial charge in [-0.05, 0) is 53.9 Å². The van der Waals surface area contributed by atoms with E-state index in [1.54, 1.807) is 6.21 Å². The second-order valence-electron chi connectivity index (χ2n) is 6.72. The molecule has 0 fully saturated rings. The lowest BCUT2D eigenvalue weighted by atomic mass is 10.2. The Morgan fingerprint density at radius 2 is 1.80 bits per heavy atom. The average Bonchev–Trinajstić information content (AvgIpc) is 2.76. The molecule has 0 aliphatic heterocycles. The van der Waals surface area contributed by atoms with Crippen LogP contribution in [0.1, 0.15) is 22.3 Å². The Hall–Kier alpha value is -2.76. The number of halogens is 1. The highest BCUT2D eigenvalue weighted by Gasteiger charge is 2.03. The Morgan fingerprint density at radius 3 is 2.53 bits per heavy atom. The lowest BCUT2D eigenvalue weighted by Crippen LogP contribution is -2.19. The van der Waals surface area contributed by atoms with Gasteiger partial charge >= 0.3 is 0 Å². The lowest BCUT2D eigenvalue weighted by molar-refractivity contribution is -0.118. The van der Waals surface area contributed by atoms with Crippen molar-refractivity contribution in [2.24, 2.45) is 5.10 Å². The third-order valence-electron chi connectivity index (χ3n) is 4.26. The molecule has 0 aliphatic rings. The van der Waals surface area contributed by atoms with Crippen molar-refractivity contribution in [1.82, 2.24) is 5.43 Å². The van der Waals surface area contributed by atoms with Crippen LogP contribution in [0.15, 0.2) is 77.9 Å². The lowest BCUT2D eigenvalue weighted by Gasteiger charge is -2.07. The molecule has 0 unspecified atom stereocenters. The maximum absolute atomic E-state index is 11.9. The Morgan fingerprint density at radius 1 is 1.07 bits per heavy atom. The van der Waals surface area contributed by atoms with E-state index in [1.807, 2.05) is 48.5 Å². The smallest absolute Gasteiger partial charge is 0.250 e. The molecule has 0 radical (unpaired) electrons. The first-order valence-electron chi connectivity index (χ1n) is 9.51. The molecule has 0 aromatic heterocycles. The summed E-state index contributed by atoms with van der Waals surface area (Å²) in [5.74, 6) is 1.63. The highest BCUT2D eigenvalue weighted by atomic mass is 35.5. The number of hydrogen-bond donors (Lipinski definition) is 1. The zero-order valence-corrected chi connectivity index (χ0v) is 18.2. The number of carbonyl (C=O) groups excluding carboxylic acids is 1. The molecule has 0 saturated heterocycles. The van der Waals surface area contributed by atoms with E-state index in [0.717, 1.165) is 27.5 Å². The first-order chi connectivity index (χ1) is 14.6. The summed E-state index contributed by atoms with van der Waals surface area (Å²) in [7, 11) is 0. The van der Waals surface area contributed by atoms with Crippen molar-refractivity contribution in [3.8, 4) is 5.75 Å². The zero-order valence-electron chi connectivity index (χ0n) is 16.7. The fraction of sp³-hybridized carbons (Fsp3) is 0.167. The molecule has 30 heavy (non-hydrogen) atoms. The summed E-state index contributed by atoms with van der Waals surface area (Å²) >= 11 is 7.61. The van der Waals surface area contributed by atoms with E-state index in [2.05, 4.69) is 41.7 Å². The molecule has 154 valence electrons. The SMILES string of the molecule is Cc1ccc(COc2ccc(/C=N\NC(=O)CSCc3ccccc3Cl)cc2)cc1. The molecular weight excluding hydrogens is 416 g/mol. The minimum atomic E-state index is -0.152. The summed E-state index contributed by atoms with van der Waals surface area (Å²) in [6.45, 7) is 2.59. The van der Waals surface area contributed by atoms with Crippen LogP contribution in [0.5, 0.6) is 5.75 Å². The van der Waals surface area contributed by atoms with Crippen LogP contribution in [0.4, 0.5) is 0 Å². The maximum atomic E-state index is 11.9. The number of benzene rings is 3. The van der Waals surface area contributed by atoms with Crippen molar-refractivity contribution in [1.29, 1.82) is 0 Å². The maximum Gasteiger partial charge on any atom is 0.250 e. The number of amides is 1. The van der Waals surface area contributed by atoms with E-state index in [-0.39, 0.29) is 5.91 Å². The Balaban J connectivity index is 1.38. The van der Waals surface area contributed by atoms with Gasteiger partial charge in [0.2, 0.25) is 5.91 Å². The monoisotopic (exact) mass is 438 g/mol. The molecule has 0 saturated carbocycles. The molecule has 0 heterocycles. The Kier molecular flexibility index (Phi) is 8.36. The molecule has 0 atom stereocenters. The van der Waals surface area contributed by atoms with E-state index in [0.29, 0.717) is 18.1 Å². The minimum absolute atomic E-state index is 0.152. The number of nitrogens with zero attached hydrogens (tertiary/aromatic N) is 1. The summed E-state index contributed by atoms with van der Waals surface area (Å²) in [5, 5.41) is 4.73. The van der Waals surface area contributed by atoms with Gasteiger partial charge in [0.15, 0.2) is 0 Å². The van der Waals surface area contributed by atoms with Gasteiger partial charge in [0.1, 0.15) is 12.4 Å². The van der Waals surface area contributed by atoms with Crippen molar-refractivity contribution in [3.05, 3.63) is 100 Å². The number of aryl methyl sites for hydroxylation is 1. The van der Waals surface area contributed by atoms with E-state index < -0.39 is 0 Å². The quantitative estimate of drug-likeness (QED) is 0.349. The molecule has 4 nitrogen and oxygen atoms in total. The highest BCUT2D eigenvalue weighted by molar-refractivity contribution is 7.99. The second kappa shape index (κ2) is 11.4. The summed E-state index contributed by atoms with van der Waals surface area (Å²) in [5.41, 5.74) is 6.80. The van der Waals surface area contributed by atoms with Gasteiger partial charge in [0, 0.05) is 10.8 Å². The van der Waals surface area contributed by atoms with Crippen molar-refractivity contribution < 1.29 is 9.53 Å². The van der Waals surface area contributed by atoms with Crippen LogP contribution >= 0.6 is 23.4 Å². The predicted molar refractivity (Wildman–Crippen MR) is 125 cm³/mol. The number of hydrazone groups is 1. The molecule has 3 rings (SSSR count). The van der Waals surface area contributed by atoms with Crippen LogP contribution in [0, 0.1) is 6.92 Å². The number of rotatable bonds is 9. The van der Waals surface area contributed by atoms with E-state index >= 15 is 0 Å². The first kappa shape index (κ1) is 21.9. The van der Waals surface area contributed by atoms with Crippen LogP contribution in [-0.2, 0) is 17.2 Å². The van der Waals surface area contributed by atoms with Gasteiger partial charge in [-0.1, -0.05) is 59.6 Å². The fourth-order valence-electron chi connectivity index (χ4n) is 2.58. The number of nitrogens with one attached hydrogen (secondary N) is 1. The predicted octanol–water partition coefficient (Wildman–Crippen LogP) is 5.61. The van der Waals surface area contributed by atoms with E-state index in [1.165, 1.54) is 17.3 Å². The van der Waals surface area contributed by atoms with Crippen LogP contribution in [0.2, 0.25) is 5.02 Å². The molecular formula is C24H23ClN2O2S. The van der Waals surface area contributed by atoms with Gasteiger partial charge in [-0.2, -0.15) is 5.10 Å². The molecule has 0 bridgehead atoms. The Labute approximate surface area is 186 Å². The van der Waals surface area contributed by atoms with Gasteiger partial charge in [-0.3, -0.25) is 4.79 Å². The summed E-state index contributed by atoms with van der Waals surface area (Å²) in [6, 6.07) is 23.5. The molecule has 3 aromatic carbocycles. The summed E-state index contributed by atoms with van der Waals surface area (Å²) in [4.78, 5) is 11.9. The topological polar surface area (TPSA) is 50.7 Å². The van der Waals surface area contributed by atoms with Gasteiger partial charge < -0.3 is 4.74 Å². The largest absolute Gasteiger partial charge is 0.489 e. The van der Waals surface area contributed by atoms with Crippen LogP contribution in [0.25, 0.3) is 0 Å². The summed E-state index contributed by atoms with van der Waals surface area (Å²) in [6.07, 6.45) is 1.61. The molecule has 0 aliphatic carbocycles. The molecule has 0 spiro atoms. The normalized spacial score (nSPS) is 10.9. The number of hydrogen-bond acceptors (Lipinski definition) is 4. The van der Waals surface area contributed by atoms with Crippen molar-refractivity contribution >= 4 is 35.5 Å². The van der Waals surface area contributed by atoms with Crippen LogP contribution in [0.3, 0.4) is 0 Å². The average molecular weight is 439 g/mol. The van der Waals surface area contributed by atoms with E-state index in [9.17, 15) is 4.79 Å². The molecule has 6 heteroatoms. The third kappa shape index (κ3) is 7.25. The fourth-order valence-corrected chi connectivity index (χ4v) is 3.69.